The van der Waals surface area contributed by atoms with Crippen LogP contribution in [0.2, 0.25) is 0 Å². The van der Waals surface area contributed by atoms with Gasteiger partial charge in [-0.05, 0) is 31.2 Å². The van der Waals surface area contributed by atoms with Crippen molar-refractivity contribution in [2.45, 2.75) is 6.92 Å². The quantitative estimate of drug-likeness (QED) is 0.663. The number of anilines is 4. The third-order valence-electron chi connectivity index (χ3n) is 3.27. The second-order valence-corrected chi connectivity index (χ2v) is 5.13. The third-order valence-corrected chi connectivity index (χ3v) is 3.27. The van der Waals surface area contributed by atoms with Gasteiger partial charge in [-0.15, -0.1) is 0 Å². The Labute approximate surface area is 140 Å². The monoisotopic (exact) mass is 348 g/mol. The molecule has 0 aliphatic carbocycles. The van der Waals surface area contributed by atoms with Gasteiger partial charge in [0.25, 0.3) is 0 Å². The first-order valence-electron chi connectivity index (χ1n) is 7.22. The molecule has 0 amide bonds. The molecule has 0 saturated carbocycles. The average molecular weight is 348 g/mol. The van der Waals surface area contributed by atoms with Crippen molar-refractivity contribution in [3.05, 3.63) is 71.6 Å². The van der Waals surface area contributed by atoms with Crippen molar-refractivity contribution in [1.29, 1.82) is 0 Å². The van der Waals surface area contributed by atoms with E-state index >= 15 is 0 Å². The first-order valence-corrected chi connectivity index (χ1v) is 7.22. The Hall–Kier alpha value is -3.16. The number of para-hydroxylation sites is 2. The molecule has 0 fully saturated rings. The maximum Gasteiger partial charge on any atom is 0.149 e. The van der Waals surface area contributed by atoms with Crippen molar-refractivity contribution in [3.63, 3.8) is 0 Å². The van der Waals surface area contributed by atoms with Crippen LogP contribution in [-0.2, 0) is 0 Å². The Balaban J connectivity index is 1.93. The van der Waals surface area contributed by atoms with Crippen molar-refractivity contribution in [3.8, 4) is 0 Å². The number of benzene rings is 2. The fourth-order valence-corrected chi connectivity index (χ4v) is 2.19. The van der Waals surface area contributed by atoms with Gasteiger partial charge >= 0.3 is 0 Å². The maximum absolute atomic E-state index is 13.7. The minimum atomic E-state index is -0.800. The van der Waals surface area contributed by atoms with Gasteiger partial charge in [-0.3, -0.25) is 0 Å². The maximum atomic E-state index is 13.7. The van der Waals surface area contributed by atoms with E-state index in [1.165, 1.54) is 25.1 Å². The summed E-state index contributed by atoms with van der Waals surface area (Å²) < 4.78 is 54.9. The van der Waals surface area contributed by atoms with Crippen LogP contribution in [0.5, 0.6) is 0 Å². The Kier molecular flexibility index (Phi) is 4.51. The van der Waals surface area contributed by atoms with E-state index in [2.05, 4.69) is 20.6 Å². The molecule has 25 heavy (non-hydrogen) atoms. The molecule has 1 aromatic heterocycles. The molecular weight excluding hydrogens is 336 g/mol. The van der Waals surface area contributed by atoms with E-state index in [0.717, 1.165) is 24.3 Å². The zero-order valence-corrected chi connectivity index (χ0v) is 12.9. The van der Waals surface area contributed by atoms with Crippen molar-refractivity contribution >= 4 is 23.0 Å². The summed E-state index contributed by atoms with van der Waals surface area (Å²) in [5.41, 5.74) is -0.771. The average Bonchev–Trinajstić information content (AvgIpc) is 2.54. The molecule has 3 aromatic rings. The molecule has 128 valence electrons. The van der Waals surface area contributed by atoms with Crippen molar-refractivity contribution < 1.29 is 17.6 Å². The van der Waals surface area contributed by atoms with E-state index in [1.807, 2.05) is 0 Å². The molecule has 0 aliphatic heterocycles. The highest BCUT2D eigenvalue weighted by molar-refractivity contribution is 5.64. The van der Waals surface area contributed by atoms with Crippen LogP contribution >= 0.6 is 0 Å². The summed E-state index contributed by atoms with van der Waals surface area (Å²) in [6, 6.07) is 8.11. The van der Waals surface area contributed by atoms with Crippen LogP contribution in [0.15, 0.2) is 42.5 Å². The van der Waals surface area contributed by atoms with Crippen molar-refractivity contribution in [1.82, 2.24) is 9.97 Å². The molecule has 4 nitrogen and oxygen atoms in total. The predicted octanol–water partition coefficient (Wildman–Crippen LogP) is 4.83. The predicted molar refractivity (Wildman–Crippen MR) is 86.1 cm³/mol. The summed E-state index contributed by atoms with van der Waals surface area (Å²) in [7, 11) is 0. The Morgan fingerprint density at radius 1 is 0.680 bits per heavy atom. The van der Waals surface area contributed by atoms with E-state index in [4.69, 9.17) is 0 Å². The van der Waals surface area contributed by atoms with Gasteiger partial charge in [0.15, 0.2) is 0 Å². The fraction of sp³-hybridized carbons (Fsp3) is 0.0588. The fourth-order valence-electron chi connectivity index (χ4n) is 2.19. The van der Waals surface area contributed by atoms with Gasteiger partial charge < -0.3 is 10.6 Å². The largest absolute Gasteiger partial charge is 0.335 e. The molecule has 8 heteroatoms. The zero-order chi connectivity index (χ0) is 18.0. The van der Waals surface area contributed by atoms with Gasteiger partial charge in [-0.2, -0.15) is 0 Å². The molecule has 0 bridgehead atoms. The lowest BCUT2D eigenvalue weighted by Gasteiger charge is -2.12. The summed E-state index contributed by atoms with van der Waals surface area (Å²) in [5, 5.41) is 5.02. The summed E-state index contributed by atoms with van der Waals surface area (Å²) in [5.74, 6) is -2.83. The van der Waals surface area contributed by atoms with E-state index in [-0.39, 0.29) is 28.8 Å². The molecule has 3 rings (SSSR count). The first kappa shape index (κ1) is 16.7. The lowest BCUT2D eigenvalue weighted by molar-refractivity contribution is 0.590. The normalized spacial score (nSPS) is 10.6. The summed E-state index contributed by atoms with van der Waals surface area (Å²) >= 11 is 0. The molecule has 2 N–H and O–H groups in total. The number of hydrogen-bond acceptors (Lipinski definition) is 4. The van der Waals surface area contributed by atoms with Gasteiger partial charge in [0.05, 0.1) is 0 Å². The van der Waals surface area contributed by atoms with E-state index in [1.54, 1.807) is 0 Å². The minimum absolute atomic E-state index is 0.0655. The van der Waals surface area contributed by atoms with Crippen LogP contribution in [0.1, 0.15) is 5.82 Å². The van der Waals surface area contributed by atoms with Gasteiger partial charge in [-0.1, -0.05) is 12.1 Å². The van der Waals surface area contributed by atoms with E-state index in [0.29, 0.717) is 0 Å². The lowest BCUT2D eigenvalue weighted by Crippen LogP contribution is -2.05. The SMILES string of the molecule is Cc1nc(Nc2c(F)cccc2F)cc(Nc2c(F)cccc2F)n1. The summed E-state index contributed by atoms with van der Waals surface area (Å²) in [6.45, 7) is 1.53. The highest BCUT2D eigenvalue weighted by Crippen LogP contribution is 2.26. The Morgan fingerprint density at radius 3 is 1.40 bits per heavy atom. The van der Waals surface area contributed by atoms with Crippen LogP contribution in [0.3, 0.4) is 0 Å². The number of hydrogen-bond donors (Lipinski definition) is 2. The van der Waals surface area contributed by atoms with Crippen molar-refractivity contribution in [2.24, 2.45) is 0 Å². The first-order chi connectivity index (χ1) is 11.9. The number of nitrogens with one attached hydrogen (secondary N) is 2. The number of aryl methyl sites for hydroxylation is 1. The smallest absolute Gasteiger partial charge is 0.149 e. The highest BCUT2D eigenvalue weighted by atomic mass is 19.1. The molecule has 2 aromatic carbocycles. The van der Waals surface area contributed by atoms with Gasteiger partial charge in [0.2, 0.25) is 0 Å². The van der Waals surface area contributed by atoms with Gasteiger partial charge in [0.1, 0.15) is 52.1 Å². The molecule has 0 atom stereocenters. The number of rotatable bonds is 4. The van der Waals surface area contributed by atoms with Crippen molar-refractivity contribution in [2.75, 3.05) is 10.6 Å². The van der Waals surface area contributed by atoms with Crippen LogP contribution in [-0.4, -0.2) is 9.97 Å². The Morgan fingerprint density at radius 2 is 1.04 bits per heavy atom. The second-order valence-electron chi connectivity index (χ2n) is 5.13. The number of aromatic nitrogens is 2. The highest BCUT2D eigenvalue weighted by Gasteiger charge is 2.13. The van der Waals surface area contributed by atoms with Crippen LogP contribution in [0.25, 0.3) is 0 Å². The summed E-state index contributed by atoms with van der Waals surface area (Å²) in [4.78, 5) is 8.03. The van der Waals surface area contributed by atoms with E-state index in [9.17, 15) is 17.6 Å². The van der Waals surface area contributed by atoms with Crippen LogP contribution < -0.4 is 10.6 Å². The van der Waals surface area contributed by atoms with Gasteiger partial charge in [-0.25, -0.2) is 27.5 Å². The number of nitrogens with zero attached hydrogens (tertiary/aromatic N) is 2. The lowest BCUT2D eigenvalue weighted by atomic mass is 10.2. The number of halogens is 4. The zero-order valence-electron chi connectivity index (χ0n) is 12.9. The molecule has 0 radical (unpaired) electrons. The second kappa shape index (κ2) is 6.76. The topological polar surface area (TPSA) is 49.8 Å². The molecule has 0 unspecified atom stereocenters. The summed E-state index contributed by atoms with van der Waals surface area (Å²) in [6.07, 6.45) is 0. The van der Waals surface area contributed by atoms with Crippen LogP contribution in [0, 0.1) is 30.2 Å². The minimum Gasteiger partial charge on any atom is -0.335 e. The third kappa shape index (κ3) is 3.68. The van der Waals surface area contributed by atoms with Gasteiger partial charge in [0, 0.05) is 6.07 Å². The molecule has 0 saturated heterocycles. The Bertz CT molecular complexity index is 818. The standard InChI is InChI=1S/C17H12F4N4/c1-9-22-14(24-16-10(18)4-2-5-11(16)19)8-15(23-9)25-17-12(20)6-3-7-13(17)21/h2-8H,1H3,(H2,22,23,24,25). The van der Waals surface area contributed by atoms with E-state index < -0.39 is 23.3 Å². The molecule has 1 heterocycles. The molecule has 0 spiro atoms. The van der Waals surface area contributed by atoms with Crippen LogP contribution in [0.4, 0.5) is 40.6 Å². The molecular formula is C17H12F4N4. The molecule has 0 aliphatic rings.